The fourth-order valence-corrected chi connectivity index (χ4v) is 0.777. The van der Waals surface area contributed by atoms with Gasteiger partial charge in [-0.2, -0.15) is 5.10 Å². The summed E-state index contributed by atoms with van der Waals surface area (Å²) < 4.78 is 0. The molecule has 0 saturated heterocycles. The second-order valence-electron chi connectivity index (χ2n) is 2.19. The Balaban J connectivity index is 0.000000791. The predicted molar refractivity (Wildman–Crippen MR) is 59.4 cm³/mol. The van der Waals surface area contributed by atoms with Crippen LogP contribution >= 0.6 is 0 Å². The number of carbonyl (C=O) groups excluding carboxylic acids is 1. The summed E-state index contributed by atoms with van der Waals surface area (Å²) in [5.41, 5.74) is 2.99. The molecule has 0 spiro atoms. The van der Waals surface area contributed by atoms with Gasteiger partial charge in [-0.15, -0.1) is 0 Å². The Morgan fingerprint density at radius 2 is 1.86 bits per heavy atom. The standard InChI is InChI=1S/C9H10N2O.C2H6/c1-2-10-11-9(12)8-6-4-3-5-7-8;1-2/h2-7H,1H3,(H,11,12);1-2H3/b10-2+;. The van der Waals surface area contributed by atoms with Gasteiger partial charge in [0.2, 0.25) is 0 Å². The van der Waals surface area contributed by atoms with Gasteiger partial charge in [0.1, 0.15) is 0 Å². The molecule has 1 amide bonds. The van der Waals surface area contributed by atoms with E-state index in [9.17, 15) is 4.79 Å². The topological polar surface area (TPSA) is 41.5 Å². The quantitative estimate of drug-likeness (QED) is 0.567. The summed E-state index contributed by atoms with van der Waals surface area (Å²) in [6.45, 7) is 5.74. The van der Waals surface area contributed by atoms with Crippen LogP contribution in [-0.2, 0) is 0 Å². The van der Waals surface area contributed by atoms with E-state index in [4.69, 9.17) is 0 Å². The Labute approximate surface area is 84.8 Å². The zero-order valence-corrected chi connectivity index (χ0v) is 8.82. The second kappa shape index (κ2) is 7.98. The van der Waals surface area contributed by atoms with E-state index >= 15 is 0 Å². The highest BCUT2D eigenvalue weighted by molar-refractivity contribution is 5.94. The lowest BCUT2D eigenvalue weighted by atomic mass is 10.2. The average molecular weight is 192 g/mol. The summed E-state index contributed by atoms with van der Waals surface area (Å²) in [5.74, 6) is -0.186. The molecule has 0 unspecified atom stereocenters. The number of rotatable bonds is 2. The Bertz CT molecular complexity index is 281. The molecule has 0 aliphatic rings. The summed E-state index contributed by atoms with van der Waals surface area (Å²) in [6.07, 6.45) is 1.53. The van der Waals surface area contributed by atoms with Crippen LogP contribution in [0.2, 0.25) is 0 Å². The van der Waals surface area contributed by atoms with Crippen LogP contribution in [0.3, 0.4) is 0 Å². The highest BCUT2D eigenvalue weighted by Gasteiger charge is 2.00. The molecule has 0 atom stereocenters. The molecule has 1 rings (SSSR count). The van der Waals surface area contributed by atoms with Gasteiger partial charge in [0, 0.05) is 11.8 Å². The normalized spacial score (nSPS) is 9.07. The van der Waals surface area contributed by atoms with Gasteiger partial charge in [0.05, 0.1) is 0 Å². The summed E-state index contributed by atoms with van der Waals surface area (Å²) in [6, 6.07) is 8.95. The molecule has 0 aliphatic carbocycles. The van der Waals surface area contributed by atoms with Crippen molar-refractivity contribution in [1.29, 1.82) is 0 Å². The van der Waals surface area contributed by atoms with Gasteiger partial charge in [0.15, 0.2) is 0 Å². The monoisotopic (exact) mass is 192 g/mol. The molecule has 0 saturated carbocycles. The lowest BCUT2D eigenvalue weighted by molar-refractivity contribution is 0.0955. The van der Waals surface area contributed by atoms with Crippen LogP contribution in [0.5, 0.6) is 0 Å². The van der Waals surface area contributed by atoms with Crippen LogP contribution in [0.25, 0.3) is 0 Å². The van der Waals surface area contributed by atoms with E-state index in [1.165, 1.54) is 6.21 Å². The number of hydrogen-bond donors (Lipinski definition) is 1. The first kappa shape index (κ1) is 12.4. The molecule has 0 heterocycles. The Morgan fingerprint density at radius 1 is 1.29 bits per heavy atom. The van der Waals surface area contributed by atoms with Crippen molar-refractivity contribution in [1.82, 2.24) is 5.43 Å². The predicted octanol–water partition coefficient (Wildman–Crippen LogP) is 2.45. The molecule has 0 radical (unpaired) electrons. The summed E-state index contributed by atoms with van der Waals surface area (Å²) >= 11 is 0. The molecule has 76 valence electrons. The van der Waals surface area contributed by atoms with Gasteiger partial charge in [-0.3, -0.25) is 4.79 Å². The summed E-state index contributed by atoms with van der Waals surface area (Å²) in [5, 5.41) is 3.62. The van der Waals surface area contributed by atoms with Crippen molar-refractivity contribution < 1.29 is 4.79 Å². The first-order valence-electron chi connectivity index (χ1n) is 4.67. The first-order chi connectivity index (χ1) is 6.84. The lowest BCUT2D eigenvalue weighted by Crippen LogP contribution is -2.16. The zero-order valence-electron chi connectivity index (χ0n) is 8.82. The van der Waals surface area contributed by atoms with Crippen LogP contribution in [0.4, 0.5) is 0 Å². The highest BCUT2D eigenvalue weighted by Crippen LogP contribution is 1.96. The fraction of sp³-hybridized carbons (Fsp3) is 0.273. The van der Waals surface area contributed by atoms with Gasteiger partial charge >= 0.3 is 0 Å². The van der Waals surface area contributed by atoms with Crippen LogP contribution < -0.4 is 5.43 Å². The van der Waals surface area contributed by atoms with Crippen molar-refractivity contribution in [3.63, 3.8) is 0 Å². The van der Waals surface area contributed by atoms with E-state index in [-0.39, 0.29) is 5.91 Å². The van der Waals surface area contributed by atoms with Crippen molar-refractivity contribution >= 4 is 12.1 Å². The molecular formula is C11H16N2O. The van der Waals surface area contributed by atoms with Gasteiger partial charge in [-0.25, -0.2) is 5.43 Å². The molecule has 1 N–H and O–H groups in total. The summed E-state index contributed by atoms with van der Waals surface area (Å²) in [4.78, 5) is 11.2. The molecular weight excluding hydrogens is 176 g/mol. The molecule has 0 bridgehead atoms. The summed E-state index contributed by atoms with van der Waals surface area (Å²) in [7, 11) is 0. The van der Waals surface area contributed by atoms with Gasteiger partial charge in [0.25, 0.3) is 5.91 Å². The molecule has 1 aromatic carbocycles. The Morgan fingerprint density at radius 3 is 2.36 bits per heavy atom. The minimum atomic E-state index is -0.186. The molecule has 0 aliphatic heterocycles. The van der Waals surface area contributed by atoms with E-state index in [0.29, 0.717) is 5.56 Å². The van der Waals surface area contributed by atoms with Gasteiger partial charge < -0.3 is 0 Å². The third-order valence-electron chi connectivity index (χ3n) is 1.33. The van der Waals surface area contributed by atoms with Crippen molar-refractivity contribution in [3.05, 3.63) is 35.9 Å². The number of hydrogen-bond acceptors (Lipinski definition) is 2. The minimum Gasteiger partial charge on any atom is -0.267 e. The molecule has 14 heavy (non-hydrogen) atoms. The van der Waals surface area contributed by atoms with Crippen LogP contribution in [-0.4, -0.2) is 12.1 Å². The van der Waals surface area contributed by atoms with E-state index in [1.807, 2.05) is 32.0 Å². The average Bonchev–Trinajstić information content (AvgIpc) is 2.30. The van der Waals surface area contributed by atoms with E-state index in [1.54, 1.807) is 19.1 Å². The van der Waals surface area contributed by atoms with Crippen LogP contribution in [0.15, 0.2) is 35.4 Å². The maximum Gasteiger partial charge on any atom is 0.271 e. The molecule has 3 nitrogen and oxygen atoms in total. The zero-order chi connectivity index (χ0) is 10.8. The highest BCUT2D eigenvalue weighted by atomic mass is 16.2. The van der Waals surface area contributed by atoms with E-state index in [2.05, 4.69) is 10.5 Å². The molecule has 3 heteroatoms. The van der Waals surface area contributed by atoms with Crippen molar-refractivity contribution in [2.75, 3.05) is 0 Å². The maximum absolute atomic E-state index is 11.2. The molecule has 0 fully saturated rings. The van der Waals surface area contributed by atoms with Crippen molar-refractivity contribution in [2.45, 2.75) is 20.8 Å². The Kier molecular flexibility index (Phi) is 7.05. The number of benzene rings is 1. The third-order valence-corrected chi connectivity index (χ3v) is 1.33. The van der Waals surface area contributed by atoms with Crippen molar-refractivity contribution in [3.8, 4) is 0 Å². The minimum absolute atomic E-state index is 0.186. The lowest BCUT2D eigenvalue weighted by Gasteiger charge is -1.97. The number of amides is 1. The number of hydrazone groups is 1. The first-order valence-corrected chi connectivity index (χ1v) is 4.67. The largest absolute Gasteiger partial charge is 0.271 e. The number of nitrogens with zero attached hydrogens (tertiary/aromatic N) is 1. The SMILES string of the molecule is C/C=N/NC(=O)c1ccccc1.CC. The third kappa shape index (κ3) is 4.40. The van der Waals surface area contributed by atoms with E-state index < -0.39 is 0 Å². The number of carbonyl (C=O) groups is 1. The molecule has 0 aromatic heterocycles. The fourth-order valence-electron chi connectivity index (χ4n) is 0.777. The smallest absolute Gasteiger partial charge is 0.267 e. The van der Waals surface area contributed by atoms with Gasteiger partial charge in [-0.05, 0) is 19.1 Å². The van der Waals surface area contributed by atoms with Crippen LogP contribution in [0, 0.1) is 0 Å². The van der Waals surface area contributed by atoms with Gasteiger partial charge in [-0.1, -0.05) is 32.0 Å². The maximum atomic E-state index is 11.2. The number of nitrogens with one attached hydrogen (secondary N) is 1. The van der Waals surface area contributed by atoms with Crippen molar-refractivity contribution in [2.24, 2.45) is 5.10 Å². The molecule has 1 aromatic rings. The Hall–Kier alpha value is -1.64. The van der Waals surface area contributed by atoms with Crippen LogP contribution in [0.1, 0.15) is 31.1 Å². The second-order valence-corrected chi connectivity index (χ2v) is 2.19. The van der Waals surface area contributed by atoms with E-state index in [0.717, 1.165) is 0 Å².